The van der Waals surface area contributed by atoms with E-state index in [1.54, 1.807) is 12.1 Å². The summed E-state index contributed by atoms with van der Waals surface area (Å²) in [4.78, 5) is 12.7. The van der Waals surface area contributed by atoms with Gasteiger partial charge in [-0.1, -0.05) is 12.1 Å². The molecule has 4 heterocycles. The van der Waals surface area contributed by atoms with Gasteiger partial charge in [0.15, 0.2) is 0 Å². The van der Waals surface area contributed by atoms with Crippen LogP contribution in [0.3, 0.4) is 0 Å². The number of halogens is 1. The Labute approximate surface area is 136 Å². The van der Waals surface area contributed by atoms with Crippen molar-refractivity contribution in [1.82, 2.24) is 19.8 Å². The maximum absolute atomic E-state index is 13.1. The molecule has 4 nitrogen and oxygen atoms in total. The Balaban J connectivity index is 1.43. The van der Waals surface area contributed by atoms with Crippen LogP contribution in [0.15, 0.2) is 36.7 Å². The lowest BCUT2D eigenvalue weighted by Crippen LogP contribution is -2.43. The minimum absolute atomic E-state index is 0.158. The second kappa shape index (κ2) is 6.42. The minimum atomic E-state index is -0.158. The van der Waals surface area contributed by atoms with Crippen molar-refractivity contribution in [2.75, 3.05) is 19.6 Å². The van der Waals surface area contributed by atoms with Crippen molar-refractivity contribution in [3.8, 4) is 0 Å². The van der Waals surface area contributed by atoms with Gasteiger partial charge in [0.1, 0.15) is 11.6 Å². The normalized spacial score (nSPS) is 25.6. The SMILES string of the molecule is Fc1ccc(CN2C[C@@H]3CC[C@H](C2)N(Cc2ncc[nH]2)C3)cc1. The Kier molecular flexibility index (Phi) is 4.14. The molecule has 0 aliphatic carbocycles. The number of nitrogens with one attached hydrogen (secondary N) is 1. The van der Waals surface area contributed by atoms with Gasteiger partial charge in [0, 0.05) is 44.6 Å². The van der Waals surface area contributed by atoms with Crippen molar-refractivity contribution in [2.45, 2.75) is 32.0 Å². The predicted molar refractivity (Wildman–Crippen MR) is 87.2 cm³/mol. The van der Waals surface area contributed by atoms with E-state index in [4.69, 9.17) is 0 Å². The average Bonchev–Trinajstić information content (AvgIpc) is 2.91. The third kappa shape index (κ3) is 3.46. The fraction of sp³-hybridized carbons (Fsp3) is 0.500. The molecule has 3 aliphatic rings. The van der Waals surface area contributed by atoms with Gasteiger partial charge in [-0.15, -0.1) is 0 Å². The molecule has 23 heavy (non-hydrogen) atoms. The van der Waals surface area contributed by atoms with Crippen LogP contribution in [-0.4, -0.2) is 45.4 Å². The van der Waals surface area contributed by atoms with Crippen LogP contribution in [0.5, 0.6) is 0 Å². The number of aromatic amines is 1. The number of hydrogen-bond donors (Lipinski definition) is 1. The number of fused-ring (bicyclic) bond motifs is 4. The number of H-pyrrole nitrogens is 1. The second-order valence-corrected chi connectivity index (χ2v) is 6.88. The second-order valence-electron chi connectivity index (χ2n) is 6.88. The largest absolute Gasteiger partial charge is 0.348 e. The van der Waals surface area contributed by atoms with E-state index < -0.39 is 0 Å². The van der Waals surface area contributed by atoms with E-state index in [1.807, 2.05) is 24.5 Å². The van der Waals surface area contributed by atoms with E-state index in [0.717, 1.165) is 44.5 Å². The van der Waals surface area contributed by atoms with E-state index in [1.165, 1.54) is 18.4 Å². The molecule has 0 saturated carbocycles. The fourth-order valence-corrected chi connectivity index (χ4v) is 4.02. The molecule has 1 aromatic carbocycles. The lowest BCUT2D eigenvalue weighted by atomic mass is 9.95. The molecule has 2 aromatic rings. The summed E-state index contributed by atoms with van der Waals surface area (Å²) in [6.45, 7) is 5.23. The third-order valence-corrected chi connectivity index (χ3v) is 5.13. The zero-order chi connectivity index (χ0) is 15.6. The highest BCUT2D eigenvalue weighted by Gasteiger charge is 2.34. The Morgan fingerprint density at radius 2 is 1.96 bits per heavy atom. The number of aromatic nitrogens is 2. The zero-order valence-electron chi connectivity index (χ0n) is 13.3. The van der Waals surface area contributed by atoms with Crippen LogP contribution in [0.4, 0.5) is 4.39 Å². The first-order valence-electron chi connectivity index (χ1n) is 8.45. The van der Waals surface area contributed by atoms with Crippen LogP contribution < -0.4 is 0 Å². The zero-order valence-corrected chi connectivity index (χ0v) is 13.3. The summed E-state index contributed by atoms with van der Waals surface area (Å²) in [5.74, 6) is 1.63. The Hall–Kier alpha value is -1.72. The maximum Gasteiger partial charge on any atom is 0.123 e. The van der Waals surface area contributed by atoms with Crippen LogP contribution in [0.1, 0.15) is 24.2 Å². The van der Waals surface area contributed by atoms with Gasteiger partial charge in [-0.05, 0) is 36.5 Å². The summed E-state index contributed by atoms with van der Waals surface area (Å²) in [6.07, 6.45) is 6.31. The quantitative estimate of drug-likeness (QED) is 0.942. The summed E-state index contributed by atoms with van der Waals surface area (Å²) in [6, 6.07) is 7.53. The topological polar surface area (TPSA) is 35.2 Å². The number of piperidine rings is 1. The molecule has 5 heteroatoms. The standard InChI is InChI=1S/C18H23FN4/c19-16-4-1-14(2-5-16)9-22-10-15-3-6-17(12-22)23(11-15)13-18-20-7-8-21-18/h1-2,4-5,7-8,15,17H,3,6,9-13H2,(H,20,21)/t15-,17+/m0/s1. The molecule has 5 rings (SSSR count). The van der Waals surface area contributed by atoms with Gasteiger partial charge < -0.3 is 4.98 Å². The van der Waals surface area contributed by atoms with E-state index in [0.29, 0.717) is 6.04 Å². The number of rotatable bonds is 4. The van der Waals surface area contributed by atoms with E-state index in [-0.39, 0.29) is 5.82 Å². The monoisotopic (exact) mass is 314 g/mol. The molecule has 3 fully saturated rings. The Bertz CT molecular complexity index is 625. The van der Waals surface area contributed by atoms with Crippen molar-refractivity contribution >= 4 is 0 Å². The van der Waals surface area contributed by atoms with Crippen molar-refractivity contribution in [1.29, 1.82) is 0 Å². The predicted octanol–water partition coefficient (Wildman–Crippen LogP) is 2.65. The number of nitrogens with zero attached hydrogens (tertiary/aromatic N) is 3. The summed E-state index contributed by atoms with van der Waals surface area (Å²) in [5.41, 5.74) is 1.20. The molecule has 0 spiro atoms. The molecule has 122 valence electrons. The first-order chi connectivity index (χ1) is 11.3. The summed E-state index contributed by atoms with van der Waals surface area (Å²) in [5, 5.41) is 0. The molecule has 2 atom stereocenters. The smallest absolute Gasteiger partial charge is 0.123 e. The molecular formula is C18H23FN4. The van der Waals surface area contributed by atoms with Gasteiger partial charge in [-0.3, -0.25) is 9.80 Å². The van der Waals surface area contributed by atoms with Crippen LogP contribution >= 0.6 is 0 Å². The van der Waals surface area contributed by atoms with Crippen molar-refractivity contribution in [3.05, 3.63) is 53.9 Å². The third-order valence-electron chi connectivity index (χ3n) is 5.13. The highest BCUT2D eigenvalue weighted by molar-refractivity contribution is 5.16. The van der Waals surface area contributed by atoms with Gasteiger partial charge in [0.05, 0.1) is 6.54 Å². The number of hydrogen-bond acceptors (Lipinski definition) is 3. The van der Waals surface area contributed by atoms with E-state index in [9.17, 15) is 4.39 Å². The van der Waals surface area contributed by atoms with Crippen molar-refractivity contribution < 1.29 is 4.39 Å². The van der Waals surface area contributed by atoms with Crippen LogP contribution in [-0.2, 0) is 13.1 Å². The van der Waals surface area contributed by atoms with Gasteiger partial charge in [0.25, 0.3) is 0 Å². The van der Waals surface area contributed by atoms with Gasteiger partial charge >= 0.3 is 0 Å². The molecule has 1 aromatic heterocycles. The van der Waals surface area contributed by atoms with Gasteiger partial charge in [-0.2, -0.15) is 0 Å². The average molecular weight is 314 g/mol. The van der Waals surface area contributed by atoms with Gasteiger partial charge in [-0.25, -0.2) is 9.37 Å². The fourth-order valence-electron chi connectivity index (χ4n) is 4.02. The van der Waals surface area contributed by atoms with Crippen molar-refractivity contribution in [2.24, 2.45) is 5.92 Å². The lowest BCUT2D eigenvalue weighted by Gasteiger charge is -2.35. The highest BCUT2D eigenvalue weighted by atomic mass is 19.1. The first kappa shape index (κ1) is 14.8. The van der Waals surface area contributed by atoms with Gasteiger partial charge in [0.2, 0.25) is 0 Å². The van der Waals surface area contributed by atoms with Crippen LogP contribution in [0, 0.1) is 11.7 Å². The molecule has 3 saturated heterocycles. The highest BCUT2D eigenvalue weighted by Crippen LogP contribution is 2.29. The molecule has 0 radical (unpaired) electrons. The molecule has 0 unspecified atom stereocenters. The summed E-state index contributed by atoms with van der Waals surface area (Å²) in [7, 11) is 0. The van der Waals surface area contributed by atoms with E-state index in [2.05, 4.69) is 19.8 Å². The molecule has 1 N–H and O–H groups in total. The molecule has 2 bridgehead atoms. The Morgan fingerprint density at radius 1 is 1.09 bits per heavy atom. The molecular weight excluding hydrogens is 291 g/mol. The first-order valence-corrected chi connectivity index (χ1v) is 8.45. The number of benzene rings is 1. The van der Waals surface area contributed by atoms with Crippen LogP contribution in [0.2, 0.25) is 0 Å². The van der Waals surface area contributed by atoms with Crippen LogP contribution in [0.25, 0.3) is 0 Å². The summed E-state index contributed by atoms with van der Waals surface area (Å²) >= 11 is 0. The number of imidazole rings is 1. The molecule has 0 amide bonds. The van der Waals surface area contributed by atoms with E-state index >= 15 is 0 Å². The summed E-state index contributed by atoms with van der Waals surface area (Å²) < 4.78 is 13.1. The minimum Gasteiger partial charge on any atom is -0.348 e. The maximum atomic E-state index is 13.1. The Morgan fingerprint density at radius 3 is 2.74 bits per heavy atom. The lowest BCUT2D eigenvalue weighted by molar-refractivity contribution is 0.120. The van der Waals surface area contributed by atoms with Crippen molar-refractivity contribution in [3.63, 3.8) is 0 Å². The molecule has 3 aliphatic heterocycles.